The van der Waals surface area contributed by atoms with Crippen LogP contribution in [0.5, 0.6) is 0 Å². The fourth-order valence-corrected chi connectivity index (χ4v) is 2.82. The Balaban J connectivity index is 1.78. The fourth-order valence-electron chi connectivity index (χ4n) is 2.65. The predicted octanol–water partition coefficient (Wildman–Crippen LogP) is 3.84. The van der Waals surface area contributed by atoms with Crippen LogP contribution in [0.15, 0.2) is 42.7 Å². The minimum atomic E-state index is -0.0103. The summed E-state index contributed by atoms with van der Waals surface area (Å²) in [6.07, 6.45) is 4.33. The highest BCUT2D eigenvalue weighted by Gasteiger charge is 2.18. The summed E-state index contributed by atoms with van der Waals surface area (Å²) < 4.78 is 0. The van der Waals surface area contributed by atoms with E-state index in [1.54, 1.807) is 17.3 Å². The van der Waals surface area contributed by atoms with E-state index in [0.717, 1.165) is 22.9 Å². The molecule has 118 valence electrons. The molecule has 0 aliphatic rings. The maximum Gasteiger partial charge on any atom is 0.270 e. The number of rotatable bonds is 4. The fraction of sp³-hybridized carbons (Fsp3) is 0.222. The molecule has 0 aliphatic heterocycles. The first-order valence-electron chi connectivity index (χ1n) is 7.48. The molecular weight excluding hydrogens is 310 g/mol. The zero-order valence-corrected chi connectivity index (χ0v) is 13.9. The Morgan fingerprint density at radius 1 is 1.26 bits per heavy atom. The Morgan fingerprint density at radius 2 is 2.00 bits per heavy atom. The second kappa shape index (κ2) is 6.42. The average Bonchev–Trinajstić information content (AvgIpc) is 2.89. The van der Waals surface area contributed by atoms with E-state index < -0.39 is 0 Å². The van der Waals surface area contributed by atoms with E-state index >= 15 is 0 Å². The number of benzene rings is 1. The van der Waals surface area contributed by atoms with Crippen LogP contribution in [0, 0.1) is 6.92 Å². The van der Waals surface area contributed by atoms with E-state index in [1.807, 2.05) is 44.3 Å². The van der Waals surface area contributed by atoms with Gasteiger partial charge in [-0.3, -0.25) is 9.78 Å². The van der Waals surface area contributed by atoms with Crippen molar-refractivity contribution in [2.75, 3.05) is 13.6 Å². The molecule has 1 aromatic carbocycles. The lowest BCUT2D eigenvalue weighted by molar-refractivity contribution is 0.0791. The number of H-pyrrole nitrogens is 1. The van der Waals surface area contributed by atoms with Gasteiger partial charge in [0.1, 0.15) is 5.69 Å². The molecule has 0 saturated carbocycles. The number of amides is 1. The third kappa shape index (κ3) is 3.22. The van der Waals surface area contributed by atoms with E-state index in [1.165, 1.54) is 5.56 Å². The van der Waals surface area contributed by atoms with Crippen molar-refractivity contribution < 1.29 is 4.79 Å². The lowest BCUT2D eigenvalue weighted by Crippen LogP contribution is -2.29. The number of aromatic amines is 1. The van der Waals surface area contributed by atoms with Crippen LogP contribution in [-0.2, 0) is 6.42 Å². The first kappa shape index (κ1) is 15.6. The summed E-state index contributed by atoms with van der Waals surface area (Å²) in [7, 11) is 1.82. The maximum atomic E-state index is 12.7. The van der Waals surface area contributed by atoms with Gasteiger partial charge in [-0.05, 0) is 54.8 Å². The van der Waals surface area contributed by atoms with E-state index in [4.69, 9.17) is 11.6 Å². The van der Waals surface area contributed by atoms with Crippen molar-refractivity contribution in [3.05, 3.63) is 64.6 Å². The van der Waals surface area contributed by atoms with Crippen molar-refractivity contribution in [3.63, 3.8) is 0 Å². The number of aryl methyl sites for hydroxylation is 1. The summed E-state index contributed by atoms with van der Waals surface area (Å²) in [5.74, 6) is -0.0103. The van der Waals surface area contributed by atoms with Gasteiger partial charge >= 0.3 is 0 Å². The largest absolute Gasteiger partial charge is 0.350 e. The summed E-state index contributed by atoms with van der Waals surface area (Å²) in [5.41, 5.74) is 3.65. The van der Waals surface area contributed by atoms with Gasteiger partial charge in [0.25, 0.3) is 5.91 Å². The number of nitrogens with zero attached hydrogens (tertiary/aromatic N) is 2. The molecule has 0 aliphatic carbocycles. The third-order valence-corrected chi connectivity index (χ3v) is 4.30. The quantitative estimate of drug-likeness (QED) is 0.791. The van der Waals surface area contributed by atoms with Crippen LogP contribution in [-0.4, -0.2) is 34.4 Å². The number of fused-ring (bicyclic) bond motifs is 1. The van der Waals surface area contributed by atoms with Gasteiger partial charge < -0.3 is 9.88 Å². The Labute approximate surface area is 140 Å². The van der Waals surface area contributed by atoms with Crippen LogP contribution < -0.4 is 0 Å². The number of halogens is 1. The van der Waals surface area contributed by atoms with Crippen molar-refractivity contribution >= 4 is 28.4 Å². The summed E-state index contributed by atoms with van der Waals surface area (Å²) in [5, 5.41) is 1.66. The second-order valence-corrected chi connectivity index (χ2v) is 6.08. The molecule has 3 rings (SSSR count). The van der Waals surface area contributed by atoms with Gasteiger partial charge in [0.2, 0.25) is 0 Å². The molecule has 2 heterocycles. The maximum absolute atomic E-state index is 12.7. The SMILES string of the molecule is Cc1c(C(=O)N(C)CCc2ccncc2)[nH]c2ccc(Cl)cc12. The normalized spacial score (nSPS) is 10.9. The number of hydrogen-bond donors (Lipinski definition) is 1. The van der Waals surface area contributed by atoms with Gasteiger partial charge in [0.15, 0.2) is 0 Å². The number of likely N-dealkylation sites (N-methyl/N-ethyl adjacent to an activating group) is 1. The van der Waals surface area contributed by atoms with Crippen LogP contribution in [0.2, 0.25) is 5.02 Å². The van der Waals surface area contributed by atoms with Crippen molar-refractivity contribution in [2.24, 2.45) is 0 Å². The molecule has 4 nitrogen and oxygen atoms in total. The first-order chi connectivity index (χ1) is 11.1. The van der Waals surface area contributed by atoms with Gasteiger partial charge in [0.05, 0.1) is 0 Å². The lowest BCUT2D eigenvalue weighted by atomic mass is 10.1. The smallest absolute Gasteiger partial charge is 0.270 e. The molecular formula is C18H18ClN3O. The molecule has 0 unspecified atom stereocenters. The number of aromatic nitrogens is 2. The molecule has 3 aromatic rings. The second-order valence-electron chi connectivity index (χ2n) is 5.65. The number of nitrogens with one attached hydrogen (secondary N) is 1. The molecule has 0 spiro atoms. The molecule has 0 atom stereocenters. The number of carbonyl (C=O) groups is 1. The van der Waals surface area contributed by atoms with Gasteiger partial charge in [-0.1, -0.05) is 11.6 Å². The minimum absolute atomic E-state index is 0.0103. The van der Waals surface area contributed by atoms with E-state index in [9.17, 15) is 4.79 Å². The van der Waals surface area contributed by atoms with Crippen LogP contribution >= 0.6 is 11.6 Å². The van der Waals surface area contributed by atoms with E-state index in [-0.39, 0.29) is 5.91 Å². The van der Waals surface area contributed by atoms with Crippen LogP contribution in [0.4, 0.5) is 0 Å². The number of pyridine rings is 1. The van der Waals surface area contributed by atoms with E-state index in [0.29, 0.717) is 17.3 Å². The number of hydrogen-bond acceptors (Lipinski definition) is 2. The Kier molecular flexibility index (Phi) is 4.35. The summed E-state index contributed by atoms with van der Waals surface area (Å²) in [6.45, 7) is 2.59. The third-order valence-electron chi connectivity index (χ3n) is 4.07. The van der Waals surface area contributed by atoms with Gasteiger partial charge in [-0.15, -0.1) is 0 Å². The molecule has 1 N–H and O–H groups in total. The zero-order valence-electron chi connectivity index (χ0n) is 13.1. The molecule has 0 radical (unpaired) electrons. The van der Waals surface area contributed by atoms with Crippen molar-refractivity contribution in [2.45, 2.75) is 13.3 Å². The highest BCUT2D eigenvalue weighted by molar-refractivity contribution is 6.31. The highest BCUT2D eigenvalue weighted by Crippen LogP contribution is 2.25. The molecule has 0 fully saturated rings. The molecule has 2 aromatic heterocycles. The molecule has 5 heteroatoms. The number of carbonyl (C=O) groups excluding carboxylic acids is 1. The molecule has 0 saturated heterocycles. The standard InChI is InChI=1S/C18H18ClN3O/c1-12-15-11-14(19)3-4-16(15)21-17(12)18(23)22(2)10-7-13-5-8-20-9-6-13/h3-6,8-9,11,21H,7,10H2,1-2H3. The summed E-state index contributed by atoms with van der Waals surface area (Å²) >= 11 is 6.05. The Bertz CT molecular complexity index is 842. The van der Waals surface area contributed by atoms with Crippen LogP contribution in [0.25, 0.3) is 10.9 Å². The highest BCUT2D eigenvalue weighted by atomic mass is 35.5. The average molecular weight is 328 g/mol. The van der Waals surface area contributed by atoms with Gasteiger partial charge in [-0.2, -0.15) is 0 Å². The van der Waals surface area contributed by atoms with Crippen LogP contribution in [0.3, 0.4) is 0 Å². The van der Waals surface area contributed by atoms with Crippen molar-refractivity contribution in [3.8, 4) is 0 Å². The predicted molar refractivity (Wildman–Crippen MR) is 92.9 cm³/mol. The molecule has 1 amide bonds. The zero-order chi connectivity index (χ0) is 16.4. The molecule has 23 heavy (non-hydrogen) atoms. The topological polar surface area (TPSA) is 49.0 Å². The minimum Gasteiger partial charge on any atom is -0.350 e. The van der Waals surface area contributed by atoms with Gasteiger partial charge in [-0.25, -0.2) is 0 Å². The monoisotopic (exact) mass is 327 g/mol. The van der Waals surface area contributed by atoms with Gasteiger partial charge in [0, 0.05) is 41.9 Å². The lowest BCUT2D eigenvalue weighted by Gasteiger charge is -2.17. The summed E-state index contributed by atoms with van der Waals surface area (Å²) in [6, 6.07) is 9.54. The molecule has 0 bridgehead atoms. The Hall–Kier alpha value is -2.33. The van der Waals surface area contributed by atoms with Crippen molar-refractivity contribution in [1.29, 1.82) is 0 Å². The first-order valence-corrected chi connectivity index (χ1v) is 7.86. The van der Waals surface area contributed by atoms with E-state index in [2.05, 4.69) is 9.97 Å². The van der Waals surface area contributed by atoms with Crippen molar-refractivity contribution in [1.82, 2.24) is 14.9 Å². The summed E-state index contributed by atoms with van der Waals surface area (Å²) in [4.78, 5) is 21.6. The van der Waals surface area contributed by atoms with Crippen LogP contribution in [0.1, 0.15) is 21.6 Å². The Morgan fingerprint density at radius 3 is 2.74 bits per heavy atom.